The number of nitrogens with zero attached hydrogens (tertiary/aromatic N) is 1. The number of carbonyl (C=O) groups excluding carboxylic acids is 2. The third-order valence-corrected chi connectivity index (χ3v) is 8.20. The Morgan fingerprint density at radius 1 is 1.21 bits per heavy atom. The Balaban J connectivity index is 1.81. The fourth-order valence-corrected chi connectivity index (χ4v) is 5.35. The predicted molar refractivity (Wildman–Crippen MR) is 131 cm³/mol. The van der Waals surface area contributed by atoms with Gasteiger partial charge >= 0.3 is 5.97 Å². The second-order valence-corrected chi connectivity index (χ2v) is 11.7. The zero-order valence-electron chi connectivity index (χ0n) is 21.1. The van der Waals surface area contributed by atoms with Crippen LogP contribution in [-0.4, -0.2) is 57.5 Å². The quantitative estimate of drug-likeness (QED) is 0.472. The van der Waals surface area contributed by atoms with E-state index in [1.165, 1.54) is 0 Å². The molecule has 0 saturated carbocycles. The maximum Gasteiger partial charge on any atom is 0.309 e. The molecule has 3 heterocycles. The first kappa shape index (κ1) is 27.0. The molecule has 0 spiro atoms. The van der Waals surface area contributed by atoms with Gasteiger partial charge in [0, 0.05) is 17.7 Å². The molecule has 190 valence electrons. The number of ether oxygens (including phenoxy) is 2. The Labute approximate surface area is 206 Å². The van der Waals surface area contributed by atoms with Gasteiger partial charge in [0.1, 0.15) is 11.9 Å². The number of Topliss-reactive ketones (excluding diaryl/α,β-unsaturated/α-hetero) is 1. The Morgan fingerprint density at radius 3 is 2.56 bits per heavy atom. The molecule has 7 nitrogen and oxygen atoms in total. The lowest BCUT2D eigenvalue weighted by Crippen LogP contribution is -2.45. The van der Waals surface area contributed by atoms with Crippen LogP contribution in [-0.2, 0) is 19.1 Å². The first-order valence-electron chi connectivity index (χ1n) is 12.3. The Bertz CT molecular complexity index is 909. The number of carbonyl (C=O) groups is 2. The lowest BCUT2D eigenvalue weighted by atomic mass is 9.73. The normalized spacial score (nSPS) is 36.0. The molecule has 0 aliphatic carbocycles. The number of hydrogen-bond acceptors (Lipinski definition) is 8. The first-order valence-corrected chi connectivity index (χ1v) is 13.1. The molecule has 2 aliphatic heterocycles. The minimum absolute atomic E-state index is 0.00770. The number of ketones is 1. The van der Waals surface area contributed by atoms with E-state index in [9.17, 15) is 19.8 Å². The summed E-state index contributed by atoms with van der Waals surface area (Å²) >= 11 is 1.56. The van der Waals surface area contributed by atoms with E-state index in [4.69, 9.17) is 9.47 Å². The van der Waals surface area contributed by atoms with Crippen LogP contribution in [0, 0.1) is 24.2 Å². The SMILES string of the molecule is CC(=Cc1csc(C)n1)[C@@H]1CC2OC2CCC[C@H](C)[C@H](O)[C@@H](C)C(=O)C(C)(C)[C@@H](O)CC(=O)O1. The van der Waals surface area contributed by atoms with Gasteiger partial charge in [-0.25, -0.2) is 4.98 Å². The summed E-state index contributed by atoms with van der Waals surface area (Å²) in [5, 5.41) is 24.5. The molecule has 1 aromatic rings. The summed E-state index contributed by atoms with van der Waals surface area (Å²) in [5.41, 5.74) is 0.494. The first-order chi connectivity index (χ1) is 15.9. The number of aliphatic hydroxyl groups is 2. The molecule has 8 heteroatoms. The summed E-state index contributed by atoms with van der Waals surface area (Å²) in [7, 11) is 0. The van der Waals surface area contributed by atoms with E-state index in [0.29, 0.717) is 6.42 Å². The third kappa shape index (κ3) is 6.53. The summed E-state index contributed by atoms with van der Waals surface area (Å²) in [5.74, 6) is -1.52. The number of cyclic esters (lactones) is 1. The highest BCUT2D eigenvalue weighted by atomic mass is 32.1. The molecular weight excluding hydrogens is 454 g/mol. The number of fused-ring (bicyclic) bond motifs is 1. The summed E-state index contributed by atoms with van der Waals surface area (Å²) in [6, 6.07) is 0. The van der Waals surface area contributed by atoms with Crippen LogP contribution in [0.5, 0.6) is 0 Å². The molecule has 34 heavy (non-hydrogen) atoms. The predicted octanol–water partition coefficient (Wildman–Crippen LogP) is 4.09. The van der Waals surface area contributed by atoms with Gasteiger partial charge in [0.25, 0.3) is 0 Å². The van der Waals surface area contributed by atoms with Gasteiger partial charge in [0.15, 0.2) is 0 Å². The van der Waals surface area contributed by atoms with Crippen molar-refractivity contribution in [2.75, 3.05) is 0 Å². The number of aryl methyl sites for hydroxylation is 1. The minimum Gasteiger partial charge on any atom is -0.458 e. The third-order valence-electron chi connectivity index (χ3n) is 7.41. The number of aromatic nitrogens is 1. The van der Waals surface area contributed by atoms with Gasteiger partial charge < -0.3 is 19.7 Å². The van der Waals surface area contributed by atoms with Crippen LogP contribution in [0.25, 0.3) is 6.08 Å². The number of aliphatic hydroxyl groups excluding tert-OH is 2. The molecule has 0 amide bonds. The fourth-order valence-electron chi connectivity index (χ4n) is 4.78. The van der Waals surface area contributed by atoms with Gasteiger partial charge in [-0.3, -0.25) is 9.59 Å². The molecule has 7 atom stereocenters. The lowest BCUT2D eigenvalue weighted by Gasteiger charge is -2.34. The van der Waals surface area contributed by atoms with Crippen molar-refractivity contribution >= 4 is 29.2 Å². The number of thiazole rings is 1. The van der Waals surface area contributed by atoms with Crippen molar-refractivity contribution in [3.05, 3.63) is 21.7 Å². The van der Waals surface area contributed by atoms with Crippen molar-refractivity contribution in [1.29, 1.82) is 0 Å². The molecule has 0 bridgehead atoms. The van der Waals surface area contributed by atoms with Crippen LogP contribution in [0.4, 0.5) is 0 Å². The molecule has 2 N–H and O–H groups in total. The largest absolute Gasteiger partial charge is 0.458 e. The highest BCUT2D eigenvalue weighted by Gasteiger charge is 2.44. The summed E-state index contributed by atoms with van der Waals surface area (Å²) in [6.07, 6.45) is 2.28. The van der Waals surface area contributed by atoms with E-state index in [0.717, 1.165) is 35.5 Å². The molecule has 2 aliphatic rings. The van der Waals surface area contributed by atoms with Gasteiger partial charge in [-0.2, -0.15) is 0 Å². The summed E-state index contributed by atoms with van der Waals surface area (Å²) in [6.45, 7) is 10.8. The van der Waals surface area contributed by atoms with Crippen LogP contribution in [0.15, 0.2) is 11.0 Å². The summed E-state index contributed by atoms with van der Waals surface area (Å²) in [4.78, 5) is 30.5. The van der Waals surface area contributed by atoms with Crippen LogP contribution in [0.3, 0.4) is 0 Å². The van der Waals surface area contributed by atoms with Crippen LogP contribution >= 0.6 is 11.3 Å². The van der Waals surface area contributed by atoms with E-state index in [1.807, 2.05) is 32.2 Å². The van der Waals surface area contributed by atoms with Crippen molar-refractivity contribution in [1.82, 2.24) is 4.98 Å². The number of rotatable bonds is 2. The lowest BCUT2D eigenvalue weighted by molar-refractivity contribution is -0.154. The maximum atomic E-state index is 13.2. The van der Waals surface area contributed by atoms with Crippen molar-refractivity contribution in [2.24, 2.45) is 17.3 Å². The molecule has 2 fully saturated rings. The van der Waals surface area contributed by atoms with Gasteiger partial charge in [-0.1, -0.05) is 34.1 Å². The molecule has 0 radical (unpaired) electrons. The van der Waals surface area contributed by atoms with Crippen LogP contribution in [0.1, 0.15) is 77.4 Å². The number of esters is 1. The molecule has 0 aromatic carbocycles. The highest BCUT2D eigenvalue weighted by molar-refractivity contribution is 7.09. The van der Waals surface area contributed by atoms with Crippen molar-refractivity contribution in [2.45, 2.75) is 104 Å². The van der Waals surface area contributed by atoms with Crippen LogP contribution in [0.2, 0.25) is 0 Å². The Hall–Kier alpha value is -1.61. The maximum absolute atomic E-state index is 13.2. The topological polar surface area (TPSA) is 109 Å². The zero-order valence-corrected chi connectivity index (χ0v) is 21.9. The molecule has 2 unspecified atom stereocenters. The average molecular weight is 494 g/mol. The van der Waals surface area contributed by atoms with Gasteiger partial charge in [-0.15, -0.1) is 11.3 Å². The van der Waals surface area contributed by atoms with Crippen molar-refractivity contribution in [3.63, 3.8) is 0 Å². The number of epoxide rings is 1. The second kappa shape index (κ2) is 11.0. The molecular formula is C26H39NO6S. The molecule has 2 saturated heterocycles. The van der Waals surface area contributed by atoms with E-state index >= 15 is 0 Å². The van der Waals surface area contributed by atoms with E-state index in [1.54, 1.807) is 32.1 Å². The standard InChI is InChI=1S/C26H39NO6S/c1-14-8-7-9-19-21(32-19)11-20(15(2)10-18-13-34-17(4)27-18)33-23(29)12-22(28)26(5,6)25(31)16(3)24(14)30/h10,13-14,16,19-22,24,28,30H,7-9,11-12H2,1-6H3/t14-,16+,19?,20-,21?,22-,24-/m0/s1. The molecule has 1 aromatic heterocycles. The fraction of sp³-hybridized carbons (Fsp3) is 0.731. The minimum atomic E-state index is -1.22. The van der Waals surface area contributed by atoms with Crippen LogP contribution < -0.4 is 0 Å². The monoisotopic (exact) mass is 493 g/mol. The Morgan fingerprint density at radius 2 is 1.91 bits per heavy atom. The van der Waals surface area contributed by atoms with E-state index in [-0.39, 0.29) is 30.3 Å². The van der Waals surface area contributed by atoms with Gasteiger partial charge in [0.2, 0.25) is 0 Å². The van der Waals surface area contributed by atoms with E-state index < -0.39 is 35.6 Å². The van der Waals surface area contributed by atoms with Gasteiger partial charge in [0.05, 0.1) is 47.0 Å². The highest BCUT2D eigenvalue weighted by Crippen LogP contribution is 2.36. The Kier molecular flexibility index (Phi) is 8.71. The van der Waals surface area contributed by atoms with E-state index in [2.05, 4.69) is 4.98 Å². The second-order valence-electron chi connectivity index (χ2n) is 10.6. The summed E-state index contributed by atoms with van der Waals surface area (Å²) < 4.78 is 11.7. The van der Waals surface area contributed by atoms with Gasteiger partial charge in [-0.05, 0) is 44.3 Å². The molecule has 3 rings (SSSR count). The van der Waals surface area contributed by atoms with Crippen molar-refractivity contribution in [3.8, 4) is 0 Å². The average Bonchev–Trinajstić information content (AvgIpc) is 3.38. The van der Waals surface area contributed by atoms with Crippen molar-refractivity contribution < 1.29 is 29.3 Å². The number of hydrogen-bond donors (Lipinski definition) is 2. The zero-order chi connectivity index (χ0) is 25.2. The smallest absolute Gasteiger partial charge is 0.309 e.